The molecule has 0 atom stereocenters. The topological polar surface area (TPSA) is 4.93 Å². The zero-order valence-electron chi connectivity index (χ0n) is 17.0. The van der Waals surface area contributed by atoms with Gasteiger partial charge < -0.3 is 4.57 Å². The average molecular weight is 408 g/mol. The van der Waals surface area contributed by atoms with Gasteiger partial charge >= 0.3 is 0 Å². The van der Waals surface area contributed by atoms with Gasteiger partial charge in [-0.05, 0) is 52.1 Å². The van der Waals surface area contributed by atoms with Crippen LogP contribution in [0.15, 0.2) is 78.9 Å². The Hall–Kier alpha value is -3.03. The summed E-state index contributed by atoms with van der Waals surface area (Å²) in [5.41, 5.74) is 9.05. The lowest BCUT2D eigenvalue weighted by atomic mass is 9.93. The molecule has 6 rings (SSSR count). The molecular weight excluding hydrogens is 386 g/mol. The van der Waals surface area contributed by atoms with Gasteiger partial charge in [-0.3, -0.25) is 0 Å². The minimum atomic E-state index is 0.780. The molecule has 4 aromatic carbocycles. The normalized spacial score (nSPS) is 12.1. The van der Waals surface area contributed by atoms with Crippen LogP contribution in [0.1, 0.15) is 19.8 Å². The summed E-state index contributed by atoms with van der Waals surface area (Å²) in [6, 6.07) is 28.5. The third kappa shape index (κ3) is 2.42. The Balaban J connectivity index is 1.88. The second-order valence-corrected chi connectivity index (χ2v) is 8.58. The summed E-state index contributed by atoms with van der Waals surface area (Å²) in [5, 5.41) is 4.70. The number of aromatic nitrogens is 1. The smallest absolute Gasteiger partial charge is 0.0577 e. The molecule has 0 unspecified atom stereocenters. The van der Waals surface area contributed by atoms with E-state index in [1.165, 1.54) is 61.6 Å². The van der Waals surface area contributed by atoms with E-state index in [-0.39, 0.29) is 0 Å². The summed E-state index contributed by atoms with van der Waals surface area (Å²) in [7, 11) is 0. The fraction of sp³-hybridized carbons (Fsp3) is 0.143. The molecule has 1 heterocycles. The van der Waals surface area contributed by atoms with Crippen molar-refractivity contribution < 1.29 is 0 Å². The third-order valence-corrected chi connectivity index (χ3v) is 6.64. The Morgan fingerprint density at radius 2 is 1.57 bits per heavy atom. The largest absolute Gasteiger partial charge is 0.340 e. The lowest BCUT2D eigenvalue weighted by molar-refractivity contribution is 0.655. The number of hydrogen-bond donors (Lipinski definition) is 0. The van der Waals surface area contributed by atoms with Gasteiger partial charge in [0, 0.05) is 33.6 Å². The number of aryl methyl sites for hydroxylation is 1. The first-order chi connectivity index (χ1) is 14.8. The van der Waals surface area contributed by atoms with Gasteiger partial charge in [-0.1, -0.05) is 85.6 Å². The van der Waals surface area contributed by atoms with E-state index >= 15 is 0 Å². The lowest BCUT2D eigenvalue weighted by Crippen LogP contribution is -2.01. The van der Waals surface area contributed by atoms with Crippen LogP contribution in [0.2, 0.25) is 5.02 Å². The van der Waals surface area contributed by atoms with Crippen LogP contribution in [0.25, 0.3) is 55.2 Å². The summed E-state index contributed by atoms with van der Waals surface area (Å²) in [6.07, 6.45) is 2.33. The molecule has 0 aliphatic heterocycles. The van der Waals surface area contributed by atoms with Crippen LogP contribution in [-0.2, 0) is 6.54 Å². The van der Waals surface area contributed by atoms with Crippen molar-refractivity contribution in [3.8, 4) is 33.5 Å². The number of rotatable bonds is 3. The summed E-state index contributed by atoms with van der Waals surface area (Å²) < 4.78 is 2.53. The van der Waals surface area contributed by atoms with Crippen LogP contribution in [0.3, 0.4) is 0 Å². The van der Waals surface area contributed by atoms with Gasteiger partial charge in [0.15, 0.2) is 0 Å². The van der Waals surface area contributed by atoms with E-state index in [0.29, 0.717) is 0 Å². The van der Waals surface area contributed by atoms with E-state index in [4.69, 9.17) is 11.6 Å². The highest BCUT2D eigenvalue weighted by Gasteiger charge is 2.27. The minimum Gasteiger partial charge on any atom is -0.340 e. The molecule has 0 fully saturated rings. The molecule has 1 aromatic heterocycles. The van der Waals surface area contributed by atoms with Crippen LogP contribution in [0.5, 0.6) is 0 Å². The van der Waals surface area contributed by atoms with Crippen molar-refractivity contribution in [2.24, 2.45) is 0 Å². The zero-order chi connectivity index (χ0) is 20.2. The zero-order valence-corrected chi connectivity index (χ0v) is 17.7. The van der Waals surface area contributed by atoms with Crippen molar-refractivity contribution in [2.45, 2.75) is 26.3 Å². The molecule has 1 aliphatic carbocycles. The summed E-state index contributed by atoms with van der Waals surface area (Å²) in [6.45, 7) is 3.27. The first-order valence-corrected chi connectivity index (χ1v) is 11.1. The monoisotopic (exact) mass is 407 g/mol. The Bertz CT molecular complexity index is 1440. The standard InChI is InChI=1S/C28H22ClN/c1-2-3-16-30-25-13-5-4-10-22(25)27-23-12-7-9-18-8-6-11-20(26(18)23)24-17-19(29)14-15-21(24)28(27)30/h4-15,17H,2-3,16H2,1H3. The van der Waals surface area contributed by atoms with Crippen LogP contribution in [0, 0.1) is 0 Å². The predicted octanol–water partition coefficient (Wildman–Crippen LogP) is 8.56. The molecule has 0 radical (unpaired) electrons. The van der Waals surface area contributed by atoms with E-state index in [0.717, 1.165) is 18.0 Å². The number of unbranched alkanes of at least 4 members (excludes halogenated alkanes) is 1. The van der Waals surface area contributed by atoms with Crippen molar-refractivity contribution >= 4 is 33.3 Å². The number of halogens is 1. The molecule has 1 nitrogen and oxygen atoms in total. The Labute approximate surface area is 181 Å². The molecule has 0 N–H and O–H groups in total. The molecule has 30 heavy (non-hydrogen) atoms. The van der Waals surface area contributed by atoms with Crippen molar-refractivity contribution in [2.75, 3.05) is 0 Å². The highest BCUT2D eigenvalue weighted by molar-refractivity contribution is 6.31. The van der Waals surface area contributed by atoms with Gasteiger partial charge in [0.05, 0.1) is 5.69 Å². The van der Waals surface area contributed by atoms with E-state index in [1.807, 2.05) is 6.07 Å². The fourth-order valence-electron chi connectivity index (χ4n) is 5.12. The van der Waals surface area contributed by atoms with E-state index in [2.05, 4.69) is 84.3 Å². The maximum Gasteiger partial charge on any atom is 0.0577 e. The van der Waals surface area contributed by atoms with Gasteiger partial charge in [-0.25, -0.2) is 0 Å². The molecule has 1 aliphatic rings. The lowest BCUT2D eigenvalue weighted by Gasteiger charge is -2.15. The molecular formula is C28H22ClN. The summed E-state index contributed by atoms with van der Waals surface area (Å²) in [4.78, 5) is 0. The highest BCUT2D eigenvalue weighted by atomic mass is 35.5. The fourth-order valence-corrected chi connectivity index (χ4v) is 5.30. The molecule has 5 aromatic rings. The molecule has 2 heteroatoms. The van der Waals surface area contributed by atoms with Gasteiger partial charge in [0.25, 0.3) is 0 Å². The molecule has 0 saturated carbocycles. The summed E-state index contributed by atoms with van der Waals surface area (Å²) in [5.74, 6) is 0. The first-order valence-electron chi connectivity index (χ1n) is 10.7. The van der Waals surface area contributed by atoms with Crippen molar-refractivity contribution in [1.82, 2.24) is 4.57 Å². The Morgan fingerprint density at radius 1 is 0.767 bits per heavy atom. The molecule has 146 valence electrons. The highest BCUT2D eigenvalue weighted by Crippen LogP contribution is 2.51. The Kier molecular flexibility index (Phi) is 4.01. The average Bonchev–Trinajstić information content (AvgIpc) is 3.04. The number of nitrogens with zero attached hydrogens (tertiary/aromatic N) is 1. The Morgan fingerprint density at radius 3 is 2.40 bits per heavy atom. The molecule has 0 bridgehead atoms. The van der Waals surface area contributed by atoms with E-state index in [9.17, 15) is 0 Å². The van der Waals surface area contributed by atoms with Crippen molar-refractivity contribution in [3.05, 3.63) is 83.9 Å². The molecule has 0 saturated heterocycles. The summed E-state index contributed by atoms with van der Waals surface area (Å²) >= 11 is 6.51. The van der Waals surface area contributed by atoms with Crippen molar-refractivity contribution in [3.63, 3.8) is 0 Å². The van der Waals surface area contributed by atoms with Gasteiger partial charge in [0.2, 0.25) is 0 Å². The third-order valence-electron chi connectivity index (χ3n) is 6.41. The van der Waals surface area contributed by atoms with Crippen LogP contribution in [-0.4, -0.2) is 4.57 Å². The first kappa shape index (κ1) is 17.8. The maximum atomic E-state index is 6.51. The van der Waals surface area contributed by atoms with Crippen molar-refractivity contribution in [1.29, 1.82) is 0 Å². The van der Waals surface area contributed by atoms with Gasteiger partial charge in [-0.15, -0.1) is 0 Å². The number of benzene rings is 4. The van der Waals surface area contributed by atoms with Crippen LogP contribution < -0.4 is 0 Å². The van der Waals surface area contributed by atoms with Gasteiger partial charge in [0.1, 0.15) is 0 Å². The number of para-hydroxylation sites is 1. The van der Waals surface area contributed by atoms with Crippen LogP contribution in [0.4, 0.5) is 0 Å². The maximum absolute atomic E-state index is 6.51. The number of fused-ring (bicyclic) bond motifs is 7. The SMILES string of the molecule is CCCCn1c2c(c3ccccc31)-c1cccc3cccc(c13)-c1cc(Cl)ccc1-2. The predicted molar refractivity (Wildman–Crippen MR) is 129 cm³/mol. The van der Waals surface area contributed by atoms with E-state index in [1.54, 1.807) is 0 Å². The molecule has 0 amide bonds. The minimum absolute atomic E-state index is 0.780. The second kappa shape index (κ2) is 6.75. The van der Waals surface area contributed by atoms with Crippen LogP contribution >= 0.6 is 11.6 Å². The quantitative estimate of drug-likeness (QED) is 0.277. The number of hydrogen-bond acceptors (Lipinski definition) is 0. The van der Waals surface area contributed by atoms with E-state index < -0.39 is 0 Å². The van der Waals surface area contributed by atoms with Gasteiger partial charge in [-0.2, -0.15) is 0 Å². The second-order valence-electron chi connectivity index (χ2n) is 8.15. The molecule has 0 spiro atoms.